The molecule has 2 saturated heterocycles. The zero-order valence-corrected chi connectivity index (χ0v) is 17.2. The Morgan fingerprint density at radius 2 is 2.10 bits per heavy atom. The first-order chi connectivity index (χ1) is 14.0. The summed E-state index contributed by atoms with van der Waals surface area (Å²) in [5, 5.41) is 2.78. The number of morpholine rings is 1. The molecule has 2 aliphatic rings. The number of hydrogen-bond acceptors (Lipinski definition) is 4. The van der Waals surface area contributed by atoms with Gasteiger partial charge in [-0.05, 0) is 38.8 Å². The van der Waals surface area contributed by atoms with E-state index in [-0.39, 0.29) is 30.2 Å². The fourth-order valence-corrected chi connectivity index (χ4v) is 3.72. The normalized spacial score (nSPS) is 24.1. The largest absolute Gasteiger partial charge is 0.573 e. The van der Waals surface area contributed by atoms with Gasteiger partial charge >= 0.3 is 12.4 Å². The lowest BCUT2D eigenvalue weighted by molar-refractivity contribution is -0.274. The minimum absolute atomic E-state index is 0.0816. The maximum atomic E-state index is 12.9. The zero-order chi connectivity index (χ0) is 22.1. The molecule has 2 fully saturated rings. The van der Waals surface area contributed by atoms with Crippen molar-refractivity contribution < 1.29 is 32.2 Å². The third kappa shape index (κ3) is 5.16. The number of hydrogen-bond donors (Lipinski definition) is 1. The summed E-state index contributed by atoms with van der Waals surface area (Å²) in [6, 6.07) is 4.08. The van der Waals surface area contributed by atoms with E-state index in [2.05, 4.69) is 10.1 Å². The van der Waals surface area contributed by atoms with Gasteiger partial charge in [0.1, 0.15) is 11.8 Å². The second kappa shape index (κ2) is 8.33. The Labute approximate surface area is 173 Å². The van der Waals surface area contributed by atoms with Gasteiger partial charge in [-0.2, -0.15) is 0 Å². The van der Waals surface area contributed by atoms with Crippen molar-refractivity contribution in [1.82, 2.24) is 10.2 Å². The summed E-state index contributed by atoms with van der Waals surface area (Å²) < 4.78 is 47.1. The Kier molecular flexibility index (Phi) is 6.16. The van der Waals surface area contributed by atoms with Gasteiger partial charge in [-0.1, -0.05) is 13.0 Å². The summed E-state index contributed by atoms with van der Waals surface area (Å²) in [7, 11) is 0. The molecule has 0 aromatic heterocycles. The Morgan fingerprint density at radius 3 is 2.77 bits per heavy atom. The van der Waals surface area contributed by atoms with Crippen LogP contribution < -0.4 is 15.0 Å². The number of amides is 3. The van der Waals surface area contributed by atoms with Crippen LogP contribution in [-0.4, -0.2) is 60.6 Å². The highest BCUT2D eigenvalue weighted by Gasteiger charge is 2.39. The summed E-state index contributed by atoms with van der Waals surface area (Å²) in [5.41, 5.74) is -0.189. The van der Waals surface area contributed by atoms with Crippen LogP contribution in [-0.2, 0) is 9.53 Å². The van der Waals surface area contributed by atoms with Gasteiger partial charge in [0.25, 0.3) is 0 Å². The van der Waals surface area contributed by atoms with Crippen molar-refractivity contribution in [2.45, 2.75) is 57.7 Å². The predicted octanol–water partition coefficient (Wildman–Crippen LogP) is 3.29. The van der Waals surface area contributed by atoms with Crippen LogP contribution in [0.2, 0.25) is 0 Å². The molecule has 2 aliphatic heterocycles. The van der Waals surface area contributed by atoms with E-state index in [1.807, 2.05) is 20.8 Å². The highest BCUT2D eigenvalue weighted by Crippen LogP contribution is 2.29. The van der Waals surface area contributed by atoms with Crippen molar-refractivity contribution in [3.63, 3.8) is 0 Å². The SMILES string of the molecule is CCC1COC(C)(C)CN1C(=O)NC1CCN(c2cccc(OC(F)(F)F)c2)C1=O. The van der Waals surface area contributed by atoms with Crippen LogP contribution in [0.4, 0.5) is 23.7 Å². The standard InChI is InChI=1S/C20H26F3N3O4/c1-4-13-11-29-19(2,3)12-26(13)18(28)24-16-8-9-25(17(16)27)14-6-5-7-15(10-14)30-20(21,22)23/h5-7,10,13,16H,4,8-9,11-12H2,1-3H3,(H,24,28). The molecule has 2 heterocycles. The molecule has 2 unspecified atom stereocenters. The van der Waals surface area contributed by atoms with Crippen LogP contribution in [0.5, 0.6) is 5.75 Å². The van der Waals surface area contributed by atoms with Gasteiger partial charge in [-0.15, -0.1) is 13.2 Å². The van der Waals surface area contributed by atoms with Crippen LogP contribution in [0.3, 0.4) is 0 Å². The first kappa shape index (κ1) is 22.2. The van der Waals surface area contributed by atoms with Gasteiger partial charge in [-0.3, -0.25) is 4.79 Å². The quantitative estimate of drug-likeness (QED) is 0.798. The molecule has 0 radical (unpaired) electrons. The first-order valence-corrected chi connectivity index (χ1v) is 9.87. The number of halogens is 3. The van der Waals surface area contributed by atoms with Crippen molar-refractivity contribution in [2.75, 3.05) is 24.6 Å². The number of alkyl halides is 3. The number of nitrogens with one attached hydrogen (secondary N) is 1. The minimum Gasteiger partial charge on any atom is -0.406 e. The zero-order valence-electron chi connectivity index (χ0n) is 17.2. The Bertz CT molecular complexity index is 800. The van der Waals surface area contributed by atoms with Crippen molar-refractivity contribution in [1.29, 1.82) is 0 Å². The van der Waals surface area contributed by atoms with Gasteiger partial charge in [0.05, 0.1) is 24.8 Å². The molecule has 3 rings (SSSR count). The van der Waals surface area contributed by atoms with Crippen LogP contribution in [0.15, 0.2) is 24.3 Å². The second-order valence-electron chi connectivity index (χ2n) is 8.09. The number of anilines is 1. The maximum absolute atomic E-state index is 12.9. The van der Waals surface area contributed by atoms with E-state index < -0.39 is 23.8 Å². The fourth-order valence-electron chi connectivity index (χ4n) is 3.72. The second-order valence-corrected chi connectivity index (χ2v) is 8.09. The number of carbonyl (C=O) groups excluding carboxylic acids is 2. The van der Waals surface area contributed by atoms with Gasteiger partial charge in [0, 0.05) is 18.3 Å². The number of nitrogens with zero attached hydrogens (tertiary/aromatic N) is 2. The molecule has 1 aromatic carbocycles. The van der Waals surface area contributed by atoms with Crippen LogP contribution >= 0.6 is 0 Å². The van der Waals surface area contributed by atoms with Crippen LogP contribution in [0, 0.1) is 0 Å². The number of benzene rings is 1. The molecule has 0 bridgehead atoms. The fraction of sp³-hybridized carbons (Fsp3) is 0.600. The number of carbonyl (C=O) groups is 2. The van der Waals surface area contributed by atoms with Crippen molar-refractivity contribution in [3.8, 4) is 5.75 Å². The van der Waals surface area contributed by atoms with Gasteiger partial charge in [-0.25, -0.2) is 4.79 Å². The van der Waals surface area contributed by atoms with Crippen LogP contribution in [0.25, 0.3) is 0 Å². The molecule has 0 aliphatic carbocycles. The first-order valence-electron chi connectivity index (χ1n) is 9.87. The van der Waals surface area contributed by atoms with Crippen molar-refractivity contribution in [2.24, 2.45) is 0 Å². The lowest BCUT2D eigenvalue weighted by Crippen LogP contribution is -2.60. The monoisotopic (exact) mass is 429 g/mol. The molecular formula is C20H26F3N3O4. The summed E-state index contributed by atoms with van der Waals surface area (Å²) in [5.74, 6) is -0.769. The van der Waals surface area contributed by atoms with Gasteiger partial charge < -0.3 is 24.6 Å². The maximum Gasteiger partial charge on any atom is 0.573 e. The molecule has 166 valence electrons. The van der Waals surface area contributed by atoms with E-state index in [9.17, 15) is 22.8 Å². The molecule has 10 heteroatoms. The Morgan fingerprint density at radius 1 is 1.37 bits per heavy atom. The molecule has 1 N–H and O–H groups in total. The molecule has 7 nitrogen and oxygen atoms in total. The molecule has 3 amide bonds. The average Bonchev–Trinajstić information content (AvgIpc) is 3.00. The highest BCUT2D eigenvalue weighted by molar-refractivity contribution is 6.01. The number of urea groups is 1. The lowest BCUT2D eigenvalue weighted by atomic mass is 10.0. The predicted molar refractivity (Wildman–Crippen MR) is 103 cm³/mol. The summed E-state index contributed by atoms with van der Waals surface area (Å²) in [6.07, 6.45) is -3.73. The Hall–Kier alpha value is -2.49. The van der Waals surface area contributed by atoms with Gasteiger partial charge in [0.15, 0.2) is 0 Å². The molecule has 0 saturated carbocycles. The lowest BCUT2D eigenvalue weighted by Gasteiger charge is -2.43. The third-order valence-corrected chi connectivity index (χ3v) is 5.26. The van der Waals surface area contributed by atoms with Crippen LogP contribution in [0.1, 0.15) is 33.6 Å². The van der Waals surface area contributed by atoms with E-state index in [1.165, 1.54) is 23.1 Å². The molecule has 1 aromatic rings. The van der Waals surface area contributed by atoms with E-state index in [1.54, 1.807) is 4.90 Å². The summed E-state index contributed by atoms with van der Waals surface area (Å²) >= 11 is 0. The van der Waals surface area contributed by atoms with E-state index in [0.29, 0.717) is 19.6 Å². The minimum atomic E-state index is -4.81. The van der Waals surface area contributed by atoms with Crippen molar-refractivity contribution >= 4 is 17.6 Å². The Balaban J connectivity index is 1.67. The molecule has 30 heavy (non-hydrogen) atoms. The smallest absolute Gasteiger partial charge is 0.406 e. The topological polar surface area (TPSA) is 71.1 Å². The summed E-state index contributed by atoms with van der Waals surface area (Å²) in [6.45, 7) is 6.87. The van der Waals surface area contributed by atoms with Crippen molar-refractivity contribution in [3.05, 3.63) is 24.3 Å². The molecule has 0 spiro atoms. The van der Waals surface area contributed by atoms with Gasteiger partial charge in [0.2, 0.25) is 5.91 Å². The number of rotatable bonds is 4. The molecular weight excluding hydrogens is 403 g/mol. The van der Waals surface area contributed by atoms with E-state index >= 15 is 0 Å². The highest BCUT2D eigenvalue weighted by atomic mass is 19.4. The third-order valence-electron chi connectivity index (χ3n) is 5.26. The van der Waals surface area contributed by atoms with E-state index in [4.69, 9.17) is 4.74 Å². The van der Waals surface area contributed by atoms with E-state index in [0.717, 1.165) is 12.5 Å². The number of ether oxygens (including phenoxy) is 2. The summed E-state index contributed by atoms with van der Waals surface area (Å²) in [4.78, 5) is 28.7. The molecule has 2 atom stereocenters. The average molecular weight is 429 g/mol.